The standard InChI is InChI=1S/C16H10N4O3/c17-10-11(16-18-13-6-1-2-7-14(13)19-16)4-3-5-12-8-9-15(23-12)20(21)22/h1-9H,(H,18,19)/b5-3-,11-4-. The molecule has 7 nitrogen and oxygen atoms in total. The van der Waals surface area contributed by atoms with E-state index >= 15 is 0 Å². The maximum Gasteiger partial charge on any atom is 0.433 e. The minimum atomic E-state index is -0.609. The lowest BCUT2D eigenvalue weighted by Gasteiger charge is -1.89. The van der Waals surface area contributed by atoms with Crippen molar-refractivity contribution in [2.24, 2.45) is 0 Å². The molecule has 1 aromatic carbocycles. The second-order valence-corrected chi connectivity index (χ2v) is 4.59. The first-order chi connectivity index (χ1) is 11.2. The molecule has 0 aliphatic carbocycles. The highest BCUT2D eigenvalue weighted by Crippen LogP contribution is 2.18. The van der Waals surface area contributed by atoms with E-state index in [9.17, 15) is 15.4 Å². The molecule has 2 heterocycles. The van der Waals surface area contributed by atoms with Crippen LogP contribution in [0.15, 0.2) is 53.0 Å². The molecule has 0 spiro atoms. The fraction of sp³-hybridized carbons (Fsp3) is 0. The predicted octanol–water partition coefficient (Wildman–Crippen LogP) is 3.68. The summed E-state index contributed by atoms with van der Waals surface area (Å²) in [6.45, 7) is 0. The molecule has 3 aromatic rings. The van der Waals surface area contributed by atoms with Crippen LogP contribution in [0.4, 0.5) is 5.88 Å². The van der Waals surface area contributed by atoms with Gasteiger partial charge in [-0.2, -0.15) is 5.26 Å². The number of fused-ring (bicyclic) bond motifs is 1. The number of nitrogens with one attached hydrogen (secondary N) is 1. The zero-order chi connectivity index (χ0) is 16.2. The summed E-state index contributed by atoms with van der Waals surface area (Å²) in [5.41, 5.74) is 1.96. The summed E-state index contributed by atoms with van der Waals surface area (Å²) in [6, 6.07) is 12.3. The molecule has 2 aromatic heterocycles. The molecule has 1 N–H and O–H groups in total. The summed E-state index contributed by atoms with van der Waals surface area (Å²) >= 11 is 0. The van der Waals surface area contributed by atoms with Gasteiger partial charge < -0.3 is 9.40 Å². The van der Waals surface area contributed by atoms with Crippen LogP contribution in [0.3, 0.4) is 0 Å². The van der Waals surface area contributed by atoms with E-state index in [1.165, 1.54) is 18.2 Å². The molecule has 0 bridgehead atoms. The van der Waals surface area contributed by atoms with Crippen LogP contribution < -0.4 is 0 Å². The molecule has 0 aliphatic heterocycles. The number of hydrogen-bond acceptors (Lipinski definition) is 5. The number of benzene rings is 1. The lowest BCUT2D eigenvalue weighted by Crippen LogP contribution is -1.83. The van der Waals surface area contributed by atoms with E-state index in [0.717, 1.165) is 11.0 Å². The Labute approximate surface area is 130 Å². The number of rotatable bonds is 4. The first-order valence-electron chi connectivity index (χ1n) is 6.65. The van der Waals surface area contributed by atoms with Crippen LogP contribution in [-0.2, 0) is 0 Å². The van der Waals surface area contributed by atoms with Crippen molar-refractivity contribution >= 4 is 28.6 Å². The van der Waals surface area contributed by atoms with Gasteiger partial charge in [-0.3, -0.25) is 10.1 Å². The van der Waals surface area contributed by atoms with Crippen molar-refractivity contribution in [1.82, 2.24) is 9.97 Å². The Morgan fingerprint density at radius 2 is 2.17 bits per heavy atom. The summed E-state index contributed by atoms with van der Waals surface area (Å²) < 4.78 is 4.99. The normalized spacial score (nSPS) is 11.9. The molecule has 0 fully saturated rings. The van der Waals surface area contributed by atoms with Gasteiger partial charge in [-0.05, 0) is 30.4 Å². The first kappa shape index (κ1) is 14.3. The summed E-state index contributed by atoms with van der Waals surface area (Å²) in [7, 11) is 0. The lowest BCUT2D eigenvalue weighted by molar-refractivity contribution is -0.402. The number of nitriles is 1. The highest BCUT2D eigenvalue weighted by molar-refractivity contribution is 5.82. The third kappa shape index (κ3) is 3.01. The van der Waals surface area contributed by atoms with Gasteiger partial charge in [-0.15, -0.1) is 0 Å². The van der Waals surface area contributed by atoms with Crippen LogP contribution in [0, 0.1) is 21.4 Å². The minimum Gasteiger partial charge on any atom is -0.401 e. The molecule has 0 aliphatic rings. The topological polar surface area (TPSA) is 109 Å². The van der Waals surface area contributed by atoms with E-state index in [4.69, 9.17) is 4.42 Å². The smallest absolute Gasteiger partial charge is 0.401 e. The quantitative estimate of drug-likeness (QED) is 0.342. The number of nitro groups is 1. The Morgan fingerprint density at radius 1 is 1.35 bits per heavy atom. The Balaban J connectivity index is 1.85. The fourth-order valence-electron chi connectivity index (χ4n) is 2.02. The van der Waals surface area contributed by atoms with Gasteiger partial charge >= 0.3 is 5.88 Å². The van der Waals surface area contributed by atoms with E-state index in [2.05, 4.69) is 16.0 Å². The maximum absolute atomic E-state index is 10.5. The number of allylic oxidation sites excluding steroid dienone is 3. The molecule has 0 atom stereocenters. The first-order valence-corrected chi connectivity index (χ1v) is 6.65. The average molecular weight is 306 g/mol. The zero-order valence-corrected chi connectivity index (χ0v) is 11.8. The van der Waals surface area contributed by atoms with Crippen molar-refractivity contribution in [3.8, 4) is 6.07 Å². The van der Waals surface area contributed by atoms with E-state index < -0.39 is 4.92 Å². The number of nitrogens with zero attached hydrogens (tertiary/aromatic N) is 3. The third-order valence-corrected chi connectivity index (χ3v) is 3.08. The molecule has 0 unspecified atom stereocenters. The number of aromatic nitrogens is 2. The number of para-hydroxylation sites is 2. The van der Waals surface area contributed by atoms with E-state index in [1.54, 1.807) is 12.2 Å². The van der Waals surface area contributed by atoms with Crippen LogP contribution in [0.25, 0.3) is 22.7 Å². The van der Waals surface area contributed by atoms with Crippen molar-refractivity contribution in [3.63, 3.8) is 0 Å². The number of furan rings is 1. The zero-order valence-electron chi connectivity index (χ0n) is 11.8. The molecule has 0 saturated carbocycles. The molecule has 3 rings (SSSR count). The fourth-order valence-corrected chi connectivity index (χ4v) is 2.02. The van der Waals surface area contributed by atoms with Crippen molar-refractivity contribution in [3.05, 3.63) is 70.2 Å². The molecular weight excluding hydrogens is 296 g/mol. The van der Waals surface area contributed by atoms with Gasteiger partial charge in [0, 0.05) is 0 Å². The van der Waals surface area contributed by atoms with Gasteiger partial charge in [0.25, 0.3) is 0 Å². The molecule has 0 radical (unpaired) electrons. The van der Waals surface area contributed by atoms with Gasteiger partial charge in [0.2, 0.25) is 0 Å². The molecular formula is C16H10N4O3. The predicted molar refractivity (Wildman–Crippen MR) is 84.1 cm³/mol. The van der Waals surface area contributed by atoms with Crippen molar-refractivity contribution in [2.75, 3.05) is 0 Å². The highest BCUT2D eigenvalue weighted by Gasteiger charge is 2.10. The second-order valence-electron chi connectivity index (χ2n) is 4.59. The number of imidazole rings is 1. The van der Waals surface area contributed by atoms with Gasteiger partial charge in [-0.1, -0.05) is 18.2 Å². The van der Waals surface area contributed by atoms with Crippen molar-refractivity contribution < 1.29 is 9.34 Å². The van der Waals surface area contributed by atoms with Crippen LogP contribution in [0.1, 0.15) is 11.6 Å². The SMILES string of the molecule is N#C/C(=C/C=C\c1ccc([N+](=O)[O-])o1)c1nc2ccccc2[nH]1. The van der Waals surface area contributed by atoms with E-state index in [-0.39, 0.29) is 5.88 Å². The average Bonchev–Trinajstić information content (AvgIpc) is 3.18. The Morgan fingerprint density at radius 3 is 2.87 bits per heavy atom. The van der Waals surface area contributed by atoms with Crippen LogP contribution in [-0.4, -0.2) is 14.9 Å². The van der Waals surface area contributed by atoms with Gasteiger partial charge in [0.1, 0.15) is 22.6 Å². The number of H-pyrrole nitrogens is 1. The van der Waals surface area contributed by atoms with Gasteiger partial charge in [-0.25, -0.2) is 4.98 Å². The largest absolute Gasteiger partial charge is 0.433 e. The summed E-state index contributed by atoms with van der Waals surface area (Å²) in [6.07, 6.45) is 4.67. The summed E-state index contributed by atoms with van der Waals surface area (Å²) in [5, 5.41) is 19.8. The molecule has 7 heteroatoms. The molecule has 0 saturated heterocycles. The lowest BCUT2D eigenvalue weighted by atomic mass is 10.2. The Kier molecular flexibility index (Phi) is 3.72. The van der Waals surface area contributed by atoms with E-state index in [0.29, 0.717) is 17.2 Å². The van der Waals surface area contributed by atoms with Crippen molar-refractivity contribution in [2.45, 2.75) is 0 Å². The highest BCUT2D eigenvalue weighted by atomic mass is 16.6. The summed E-state index contributed by atoms with van der Waals surface area (Å²) in [5.74, 6) is 0.463. The third-order valence-electron chi connectivity index (χ3n) is 3.08. The van der Waals surface area contributed by atoms with Crippen LogP contribution in [0.5, 0.6) is 0 Å². The van der Waals surface area contributed by atoms with Crippen molar-refractivity contribution in [1.29, 1.82) is 5.26 Å². The second kappa shape index (κ2) is 5.99. The number of hydrogen-bond donors (Lipinski definition) is 1. The van der Waals surface area contributed by atoms with Gasteiger partial charge in [0.05, 0.1) is 22.7 Å². The molecule has 112 valence electrons. The van der Waals surface area contributed by atoms with Crippen LogP contribution >= 0.6 is 0 Å². The number of aromatic amines is 1. The monoisotopic (exact) mass is 306 g/mol. The Bertz CT molecular complexity index is 940. The Hall–Kier alpha value is -3.66. The van der Waals surface area contributed by atoms with Crippen LogP contribution in [0.2, 0.25) is 0 Å². The van der Waals surface area contributed by atoms with Gasteiger partial charge in [0.15, 0.2) is 0 Å². The molecule has 0 amide bonds. The van der Waals surface area contributed by atoms with E-state index in [1.807, 2.05) is 24.3 Å². The molecule has 23 heavy (non-hydrogen) atoms. The summed E-state index contributed by atoms with van der Waals surface area (Å²) in [4.78, 5) is 17.3. The minimum absolute atomic E-state index is 0.327. The maximum atomic E-state index is 10.5.